The fraction of sp³-hybridized carbons (Fsp3) is 0.429. The summed E-state index contributed by atoms with van der Waals surface area (Å²) in [6, 6.07) is 0.301. The number of ether oxygens (including phenoxy) is 1. The van der Waals surface area contributed by atoms with Crippen LogP contribution in [-0.2, 0) is 13.6 Å². The van der Waals surface area contributed by atoms with E-state index in [-0.39, 0.29) is 18.0 Å². The fourth-order valence-electron chi connectivity index (χ4n) is 1.94. The van der Waals surface area contributed by atoms with Gasteiger partial charge in [-0.25, -0.2) is 9.97 Å². The highest BCUT2D eigenvalue weighted by atomic mass is 16.5. The van der Waals surface area contributed by atoms with Crippen LogP contribution in [0.4, 0.5) is 0 Å². The van der Waals surface area contributed by atoms with Crippen molar-refractivity contribution in [1.82, 2.24) is 24.6 Å². The molecule has 0 atom stereocenters. The van der Waals surface area contributed by atoms with Gasteiger partial charge in [-0.05, 0) is 13.8 Å². The Morgan fingerprint density at radius 1 is 1.33 bits per heavy atom. The summed E-state index contributed by atoms with van der Waals surface area (Å²) in [5.74, 6) is -0.114. The van der Waals surface area contributed by atoms with E-state index in [1.807, 2.05) is 27.1 Å². The maximum Gasteiger partial charge on any atom is 0.316 e. The molecule has 0 saturated heterocycles. The average molecular weight is 289 g/mol. The third-order valence-electron chi connectivity index (χ3n) is 3.05. The Morgan fingerprint density at radius 3 is 2.48 bits per heavy atom. The van der Waals surface area contributed by atoms with E-state index in [4.69, 9.17) is 4.74 Å². The molecule has 7 heteroatoms. The lowest BCUT2D eigenvalue weighted by atomic mass is 10.2. The van der Waals surface area contributed by atoms with Gasteiger partial charge in [-0.15, -0.1) is 0 Å². The molecular weight excluding hydrogens is 270 g/mol. The van der Waals surface area contributed by atoms with Crippen molar-refractivity contribution in [3.8, 4) is 6.01 Å². The van der Waals surface area contributed by atoms with E-state index in [2.05, 4.69) is 15.1 Å². The van der Waals surface area contributed by atoms with E-state index in [1.165, 1.54) is 19.5 Å². The van der Waals surface area contributed by atoms with Gasteiger partial charge in [-0.1, -0.05) is 0 Å². The zero-order chi connectivity index (χ0) is 15.4. The molecule has 0 aliphatic heterocycles. The van der Waals surface area contributed by atoms with Crippen molar-refractivity contribution in [1.29, 1.82) is 0 Å². The molecule has 0 aromatic carbocycles. The quantitative estimate of drug-likeness (QED) is 0.828. The van der Waals surface area contributed by atoms with Crippen LogP contribution in [0.25, 0.3) is 0 Å². The van der Waals surface area contributed by atoms with Crippen LogP contribution in [0.2, 0.25) is 0 Å². The van der Waals surface area contributed by atoms with Gasteiger partial charge in [-0.2, -0.15) is 5.10 Å². The Balaban J connectivity index is 2.18. The van der Waals surface area contributed by atoms with Crippen molar-refractivity contribution in [3.05, 3.63) is 35.9 Å². The number of methoxy groups -OCH3 is 1. The topological polar surface area (TPSA) is 73.1 Å². The summed E-state index contributed by atoms with van der Waals surface area (Å²) < 4.78 is 6.61. The van der Waals surface area contributed by atoms with Crippen molar-refractivity contribution in [3.63, 3.8) is 0 Å². The van der Waals surface area contributed by atoms with Gasteiger partial charge in [0.25, 0.3) is 5.91 Å². The minimum absolute atomic E-state index is 0.0554. The molecule has 1 amide bonds. The van der Waals surface area contributed by atoms with Crippen LogP contribution in [0.5, 0.6) is 6.01 Å². The van der Waals surface area contributed by atoms with Gasteiger partial charge < -0.3 is 9.64 Å². The molecule has 0 spiro atoms. The highest BCUT2D eigenvalue weighted by Crippen LogP contribution is 2.13. The molecule has 21 heavy (non-hydrogen) atoms. The van der Waals surface area contributed by atoms with E-state index in [0.717, 1.165) is 5.56 Å². The van der Waals surface area contributed by atoms with Gasteiger partial charge in [0, 0.05) is 43.8 Å². The molecule has 2 heterocycles. The number of carbonyl (C=O) groups is 1. The molecule has 2 aromatic heterocycles. The number of aromatic nitrogens is 4. The third-order valence-corrected chi connectivity index (χ3v) is 3.05. The standard InChI is InChI=1S/C14H19N5O2/c1-10(2)19(9-11-5-17-18(3)8-11)13(20)12-6-15-14(21-4)16-7-12/h5-8,10H,9H2,1-4H3. The van der Waals surface area contributed by atoms with Crippen LogP contribution in [0.15, 0.2) is 24.8 Å². The second kappa shape index (κ2) is 6.34. The number of nitrogens with zero attached hydrogens (tertiary/aromatic N) is 5. The molecule has 0 fully saturated rings. The monoisotopic (exact) mass is 289 g/mol. The number of amides is 1. The molecule has 0 saturated carbocycles. The summed E-state index contributed by atoms with van der Waals surface area (Å²) in [6.07, 6.45) is 6.61. The van der Waals surface area contributed by atoms with Crippen molar-refractivity contribution in [2.24, 2.45) is 7.05 Å². The Labute approximate surface area is 123 Å². The highest BCUT2D eigenvalue weighted by molar-refractivity contribution is 5.93. The van der Waals surface area contributed by atoms with E-state index < -0.39 is 0 Å². The number of aryl methyl sites for hydroxylation is 1. The molecule has 7 nitrogen and oxygen atoms in total. The zero-order valence-electron chi connectivity index (χ0n) is 12.6. The first kappa shape index (κ1) is 15.0. The van der Waals surface area contributed by atoms with Crippen molar-refractivity contribution < 1.29 is 9.53 Å². The van der Waals surface area contributed by atoms with Gasteiger partial charge in [0.15, 0.2) is 0 Å². The molecule has 0 aliphatic carbocycles. The van der Waals surface area contributed by atoms with Crippen molar-refractivity contribution in [2.75, 3.05) is 7.11 Å². The minimum Gasteiger partial charge on any atom is -0.467 e. The Morgan fingerprint density at radius 2 is 2.00 bits per heavy atom. The third kappa shape index (κ3) is 3.56. The lowest BCUT2D eigenvalue weighted by molar-refractivity contribution is 0.0689. The highest BCUT2D eigenvalue weighted by Gasteiger charge is 2.20. The van der Waals surface area contributed by atoms with Crippen molar-refractivity contribution in [2.45, 2.75) is 26.4 Å². The smallest absolute Gasteiger partial charge is 0.316 e. The van der Waals surface area contributed by atoms with Gasteiger partial charge in [0.2, 0.25) is 0 Å². The predicted molar refractivity (Wildman–Crippen MR) is 76.8 cm³/mol. The molecule has 0 aliphatic rings. The second-order valence-electron chi connectivity index (χ2n) is 5.01. The van der Waals surface area contributed by atoms with Gasteiger partial charge in [-0.3, -0.25) is 9.48 Å². The van der Waals surface area contributed by atoms with Gasteiger partial charge >= 0.3 is 6.01 Å². The Kier molecular flexibility index (Phi) is 4.52. The molecule has 0 radical (unpaired) electrons. The lowest BCUT2D eigenvalue weighted by Crippen LogP contribution is -2.36. The van der Waals surface area contributed by atoms with Crippen LogP contribution in [0.1, 0.15) is 29.8 Å². The van der Waals surface area contributed by atoms with Crippen LogP contribution < -0.4 is 4.74 Å². The lowest BCUT2D eigenvalue weighted by Gasteiger charge is -2.26. The Hall–Kier alpha value is -2.44. The van der Waals surface area contributed by atoms with E-state index in [1.54, 1.807) is 15.8 Å². The van der Waals surface area contributed by atoms with E-state index in [0.29, 0.717) is 12.1 Å². The normalized spacial score (nSPS) is 10.7. The van der Waals surface area contributed by atoms with Crippen molar-refractivity contribution >= 4 is 5.91 Å². The molecule has 0 N–H and O–H groups in total. The summed E-state index contributed by atoms with van der Waals surface area (Å²) in [7, 11) is 3.34. The summed E-state index contributed by atoms with van der Waals surface area (Å²) in [6.45, 7) is 4.44. The molecule has 2 rings (SSSR count). The number of hydrogen-bond acceptors (Lipinski definition) is 5. The minimum atomic E-state index is -0.114. The van der Waals surface area contributed by atoms with Gasteiger partial charge in [0.1, 0.15) is 0 Å². The molecule has 2 aromatic rings. The molecular formula is C14H19N5O2. The Bertz CT molecular complexity index is 606. The number of rotatable bonds is 5. The zero-order valence-corrected chi connectivity index (χ0v) is 12.6. The molecule has 0 unspecified atom stereocenters. The first-order valence-corrected chi connectivity index (χ1v) is 6.65. The van der Waals surface area contributed by atoms with Gasteiger partial charge in [0.05, 0.1) is 18.9 Å². The summed E-state index contributed by atoms with van der Waals surface area (Å²) >= 11 is 0. The van der Waals surface area contributed by atoms with Crippen LogP contribution in [0.3, 0.4) is 0 Å². The SMILES string of the molecule is COc1ncc(C(=O)N(Cc2cnn(C)c2)C(C)C)cn1. The first-order valence-electron chi connectivity index (χ1n) is 6.65. The molecule has 112 valence electrons. The predicted octanol–water partition coefficient (Wildman–Crippen LogP) is 1.27. The maximum absolute atomic E-state index is 12.6. The second-order valence-corrected chi connectivity index (χ2v) is 5.01. The van der Waals surface area contributed by atoms with Crippen LogP contribution >= 0.6 is 0 Å². The maximum atomic E-state index is 12.6. The summed E-state index contributed by atoms with van der Waals surface area (Å²) in [5, 5.41) is 4.12. The largest absolute Gasteiger partial charge is 0.467 e. The van der Waals surface area contributed by atoms with E-state index >= 15 is 0 Å². The number of carbonyl (C=O) groups excluding carboxylic acids is 1. The van der Waals surface area contributed by atoms with E-state index in [9.17, 15) is 4.79 Å². The fourth-order valence-corrected chi connectivity index (χ4v) is 1.94. The summed E-state index contributed by atoms with van der Waals surface area (Å²) in [4.78, 5) is 22.3. The molecule has 0 bridgehead atoms. The summed E-state index contributed by atoms with van der Waals surface area (Å²) in [5.41, 5.74) is 1.42. The van der Waals surface area contributed by atoms with Crippen LogP contribution in [0, 0.1) is 0 Å². The van der Waals surface area contributed by atoms with Crippen LogP contribution in [-0.4, -0.2) is 43.7 Å². The first-order chi connectivity index (χ1) is 10.0. The average Bonchev–Trinajstić information content (AvgIpc) is 2.89. The number of hydrogen-bond donors (Lipinski definition) is 0.